The van der Waals surface area contributed by atoms with Gasteiger partial charge in [-0.2, -0.15) is 0 Å². The Morgan fingerprint density at radius 1 is 1.00 bits per heavy atom. The molecule has 1 saturated carbocycles. The van der Waals surface area contributed by atoms with Gasteiger partial charge in [0.2, 0.25) is 11.8 Å². The third-order valence-corrected chi connectivity index (χ3v) is 7.59. The van der Waals surface area contributed by atoms with Crippen molar-refractivity contribution >= 4 is 23.6 Å². The number of carbonyl (C=O) groups is 3. The molecule has 4 rings (SSSR count). The van der Waals surface area contributed by atoms with E-state index in [2.05, 4.69) is 21.1 Å². The maximum atomic E-state index is 13.7. The summed E-state index contributed by atoms with van der Waals surface area (Å²) in [6.45, 7) is -0.0952. The van der Waals surface area contributed by atoms with E-state index in [0.717, 1.165) is 48.8 Å². The lowest BCUT2D eigenvalue weighted by Crippen LogP contribution is -2.63. The van der Waals surface area contributed by atoms with Gasteiger partial charge in [-0.1, -0.05) is 72.9 Å². The largest absolute Gasteiger partial charge is 0.480 e. The molecule has 0 aliphatic heterocycles. The number of amides is 2. The number of amidine groups is 1. The van der Waals surface area contributed by atoms with Crippen molar-refractivity contribution in [2.75, 3.05) is 6.54 Å². The zero-order chi connectivity index (χ0) is 27.1. The van der Waals surface area contributed by atoms with Gasteiger partial charge in [-0.25, -0.2) is 0 Å². The van der Waals surface area contributed by atoms with Crippen LogP contribution in [-0.2, 0) is 33.8 Å². The first-order chi connectivity index (χ1) is 18.3. The molecule has 0 heterocycles. The summed E-state index contributed by atoms with van der Waals surface area (Å²) in [6, 6.07) is 14.0. The fourth-order valence-electron chi connectivity index (χ4n) is 5.58. The zero-order valence-electron chi connectivity index (χ0n) is 21.3. The average molecular weight is 522 g/mol. The number of fused-ring (bicyclic) bond motifs is 1. The molecule has 0 aromatic heterocycles. The normalized spacial score (nSPS) is 17.8. The van der Waals surface area contributed by atoms with E-state index in [9.17, 15) is 19.5 Å². The molecule has 2 aromatic rings. The zero-order valence-corrected chi connectivity index (χ0v) is 21.3. The Morgan fingerprint density at radius 3 is 2.21 bits per heavy atom. The summed E-state index contributed by atoms with van der Waals surface area (Å²) in [5.74, 6) is -1.67. The fraction of sp³-hybridized carbons (Fsp3) is 0.429. The number of carboxylic acid groups (broad SMARTS) is 1. The number of hydrogen-bond donors (Lipinski definition) is 6. The Kier molecular flexibility index (Phi) is 8.62. The van der Waals surface area contributed by atoms with Gasteiger partial charge in [0.15, 0.2) is 5.84 Å². The van der Waals surface area contributed by atoms with E-state index in [0.29, 0.717) is 18.4 Å². The molecule has 1 atom stereocenters. The lowest BCUT2D eigenvalue weighted by atomic mass is 9.82. The predicted octanol–water partition coefficient (Wildman–Crippen LogP) is 1.67. The number of hydrogen-bond acceptors (Lipinski definition) is 6. The average Bonchev–Trinajstić information content (AvgIpc) is 3.31. The molecule has 2 aliphatic carbocycles. The summed E-state index contributed by atoms with van der Waals surface area (Å²) >= 11 is 0. The Hall–Kier alpha value is -3.92. The van der Waals surface area contributed by atoms with E-state index in [-0.39, 0.29) is 36.7 Å². The number of rotatable bonds is 10. The van der Waals surface area contributed by atoms with Crippen LogP contribution in [0.15, 0.2) is 53.7 Å². The number of nitrogens with zero attached hydrogens (tertiary/aromatic N) is 1. The quantitative estimate of drug-likeness (QED) is 0.120. The van der Waals surface area contributed by atoms with Crippen molar-refractivity contribution in [2.45, 2.75) is 63.1 Å². The van der Waals surface area contributed by atoms with Crippen molar-refractivity contribution in [1.82, 2.24) is 16.0 Å². The minimum Gasteiger partial charge on any atom is -0.480 e. The highest BCUT2D eigenvalue weighted by molar-refractivity contribution is 5.97. The number of carbonyl (C=O) groups excluding carboxylic acids is 2. The number of nitrogens with one attached hydrogen (secondary N) is 3. The molecule has 38 heavy (non-hydrogen) atoms. The minimum atomic E-state index is -1.19. The molecule has 10 heteroatoms. The van der Waals surface area contributed by atoms with Gasteiger partial charge in [0.05, 0.1) is 12.6 Å². The van der Waals surface area contributed by atoms with Crippen molar-refractivity contribution in [2.24, 2.45) is 16.8 Å². The molecule has 202 valence electrons. The molecule has 0 radical (unpaired) electrons. The standard InChI is InChI=1S/C28H35N5O5/c29-25(33-38)20-12-10-18(11-13-20)16-31-27(37)28(14-21-8-4-5-9-22(21)15-28)32-26(36)24(30-17-23(34)35)19-6-2-1-3-7-19/h4-5,8-13,19,24,30,38H,1-3,6-7,14-17H2,(H2,29,33)(H,31,37)(H,32,36)(H,34,35)/t24-/m1/s1. The molecule has 2 aromatic carbocycles. The number of oxime groups is 1. The van der Waals surface area contributed by atoms with Crippen molar-refractivity contribution < 1.29 is 24.7 Å². The van der Waals surface area contributed by atoms with Crippen LogP contribution in [0.1, 0.15) is 54.4 Å². The lowest BCUT2D eigenvalue weighted by Gasteiger charge is -2.35. The van der Waals surface area contributed by atoms with Crippen LogP contribution in [0, 0.1) is 5.92 Å². The van der Waals surface area contributed by atoms with Crippen LogP contribution in [0.2, 0.25) is 0 Å². The highest BCUT2D eigenvalue weighted by Crippen LogP contribution is 2.32. The summed E-state index contributed by atoms with van der Waals surface area (Å²) in [7, 11) is 0. The smallest absolute Gasteiger partial charge is 0.317 e. The fourth-order valence-corrected chi connectivity index (χ4v) is 5.58. The lowest BCUT2D eigenvalue weighted by molar-refractivity contribution is -0.138. The molecule has 0 bridgehead atoms. The van der Waals surface area contributed by atoms with E-state index in [1.807, 2.05) is 24.3 Å². The summed E-state index contributed by atoms with van der Waals surface area (Å²) in [5.41, 5.74) is 7.80. The second kappa shape index (κ2) is 12.1. The molecule has 0 spiro atoms. The first kappa shape index (κ1) is 27.1. The summed E-state index contributed by atoms with van der Waals surface area (Å²) in [4.78, 5) is 38.7. The second-order valence-electron chi connectivity index (χ2n) is 10.2. The SMILES string of the molecule is N/C(=N/O)c1ccc(CNC(=O)C2(NC(=O)[C@H](NCC(=O)O)C3CCCCC3)Cc3ccccc3C2)cc1. The molecule has 7 N–H and O–H groups in total. The first-order valence-corrected chi connectivity index (χ1v) is 13.0. The van der Waals surface area contributed by atoms with Crippen molar-refractivity contribution in [3.8, 4) is 0 Å². The predicted molar refractivity (Wildman–Crippen MR) is 142 cm³/mol. The Balaban J connectivity index is 1.53. The molecule has 2 aliphatic rings. The molecule has 1 fully saturated rings. The third kappa shape index (κ3) is 6.31. The van der Waals surface area contributed by atoms with Gasteiger partial charge in [0, 0.05) is 24.9 Å². The van der Waals surface area contributed by atoms with Gasteiger partial charge < -0.3 is 26.7 Å². The summed E-state index contributed by atoms with van der Waals surface area (Å²) in [6.07, 6.45) is 5.46. The Bertz CT molecular complexity index is 1170. The van der Waals surface area contributed by atoms with E-state index in [1.165, 1.54) is 0 Å². The van der Waals surface area contributed by atoms with Crippen molar-refractivity contribution in [3.63, 3.8) is 0 Å². The van der Waals surface area contributed by atoms with Crippen LogP contribution in [0.4, 0.5) is 0 Å². The number of carboxylic acids is 1. The monoisotopic (exact) mass is 521 g/mol. The Labute approximate surface area is 221 Å². The molecular weight excluding hydrogens is 486 g/mol. The van der Waals surface area contributed by atoms with Gasteiger partial charge in [-0.05, 0) is 35.4 Å². The summed E-state index contributed by atoms with van der Waals surface area (Å²) < 4.78 is 0. The first-order valence-electron chi connectivity index (χ1n) is 13.0. The van der Waals surface area contributed by atoms with Gasteiger partial charge in [-0.3, -0.25) is 19.7 Å². The van der Waals surface area contributed by atoms with Crippen LogP contribution in [0.25, 0.3) is 0 Å². The topological polar surface area (TPSA) is 166 Å². The van der Waals surface area contributed by atoms with Gasteiger partial charge in [-0.15, -0.1) is 0 Å². The van der Waals surface area contributed by atoms with Crippen LogP contribution in [-0.4, -0.2) is 52.1 Å². The van der Waals surface area contributed by atoms with Crippen LogP contribution in [0.5, 0.6) is 0 Å². The maximum absolute atomic E-state index is 13.7. The highest BCUT2D eigenvalue weighted by atomic mass is 16.4. The van der Waals surface area contributed by atoms with E-state index in [4.69, 9.17) is 10.9 Å². The van der Waals surface area contributed by atoms with E-state index in [1.54, 1.807) is 24.3 Å². The molecule has 10 nitrogen and oxygen atoms in total. The highest BCUT2D eigenvalue weighted by Gasteiger charge is 2.46. The maximum Gasteiger partial charge on any atom is 0.317 e. The Morgan fingerprint density at radius 2 is 1.63 bits per heavy atom. The van der Waals surface area contributed by atoms with Gasteiger partial charge >= 0.3 is 5.97 Å². The van der Waals surface area contributed by atoms with E-state index >= 15 is 0 Å². The van der Waals surface area contributed by atoms with Crippen LogP contribution < -0.4 is 21.7 Å². The summed E-state index contributed by atoms with van der Waals surface area (Å²) in [5, 5.41) is 30.1. The van der Waals surface area contributed by atoms with Gasteiger partial charge in [0.25, 0.3) is 0 Å². The minimum absolute atomic E-state index is 0.00463. The van der Waals surface area contributed by atoms with E-state index < -0.39 is 17.6 Å². The van der Waals surface area contributed by atoms with Crippen molar-refractivity contribution in [3.05, 3.63) is 70.8 Å². The van der Waals surface area contributed by atoms with Crippen LogP contribution in [0.3, 0.4) is 0 Å². The van der Waals surface area contributed by atoms with Crippen LogP contribution >= 0.6 is 0 Å². The number of aliphatic carboxylic acids is 1. The number of nitrogens with two attached hydrogens (primary N) is 1. The molecular formula is C28H35N5O5. The number of benzene rings is 2. The van der Waals surface area contributed by atoms with Crippen molar-refractivity contribution in [1.29, 1.82) is 0 Å². The van der Waals surface area contributed by atoms with Gasteiger partial charge in [0.1, 0.15) is 5.54 Å². The third-order valence-electron chi connectivity index (χ3n) is 7.59. The second-order valence-corrected chi connectivity index (χ2v) is 10.2. The molecule has 2 amide bonds. The molecule has 0 unspecified atom stereocenters. The molecule has 0 saturated heterocycles.